The van der Waals surface area contributed by atoms with Gasteiger partial charge in [0, 0.05) is 26.6 Å². The first-order chi connectivity index (χ1) is 9.89. The minimum absolute atomic E-state index is 0.107. The molecule has 8 nitrogen and oxygen atoms in total. The lowest BCUT2D eigenvalue weighted by Gasteiger charge is -2.27. The summed E-state index contributed by atoms with van der Waals surface area (Å²) in [7, 11) is -2.13. The van der Waals surface area contributed by atoms with Crippen molar-refractivity contribution in [3.63, 3.8) is 0 Å². The SMILES string of the molecule is CC(=O)Nc1nnc(S(=O)(=O)N(C)CC2CCCCN2)s1. The fourth-order valence-corrected chi connectivity index (χ4v) is 4.49. The van der Waals surface area contributed by atoms with Crippen LogP contribution in [0.2, 0.25) is 0 Å². The van der Waals surface area contributed by atoms with E-state index in [0.29, 0.717) is 6.54 Å². The molecule has 0 aliphatic carbocycles. The Bertz CT molecular complexity index is 595. The van der Waals surface area contributed by atoms with E-state index in [1.807, 2.05) is 0 Å². The molecule has 1 aliphatic rings. The number of sulfonamides is 1. The van der Waals surface area contributed by atoms with E-state index in [9.17, 15) is 13.2 Å². The van der Waals surface area contributed by atoms with Crippen molar-refractivity contribution in [3.05, 3.63) is 0 Å². The number of hydrogen-bond acceptors (Lipinski definition) is 7. The molecule has 10 heteroatoms. The fraction of sp³-hybridized carbons (Fsp3) is 0.727. The zero-order valence-electron chi connectivity index (χ0n) is 12.0. The molecule has 2 heterocycles. The lowest BCUT2D eigenvalue weighted by molar-refractivity contribution is -0.114. The van der Waals surface area contributed by atoms with Gasteiger partial charge in [-0.3, -0.25) is 4.79 Å². The van der Waals surface area contributed by atoms with E-state index in [0.717, 1.165) is 37.1 Å². The van der Waals surface area contributed by atoms with Crippen molar-refractivity contribution >= 4 is 32.4 Å². The van der Waals surface area contributed by atoms with Crippen LogP contribution in [-0.4, -0.2) is 55.0 Å². The smallest absolute Gasteiger partial charge is 0.272 e. The van der Waals surface area contributed by atoms with Gasteiger partial charge in [0.05, 0.1) is 0 Å². The molecule has 1 aromatic heterocycles. The molecule has 0 aromatic carbocycles. The number of rotatable bonds is 5. The van der Waals surface area contributed by atoms with E-state index in [2.05, 4.69) is 20.8 Å². The van der Waals surface area contributed by atoms with Crippen molar-refractivity contribution in [2.45, 2.75) is 36.6 Å². The zero-order chi connectivity index (χ0) is 15.5. The second-order valence-corrected chi connectivity index (χ2v) is 8.18. The molecule has 0 saturated carbocycles. The first-order valence-corrected chi connectivity index (χ1v) is 8.96. The summed E-state index contributed by atoms with van der Waals surface area (Å²) in [5, 5.41) is 13.2. The first-order valence-electron chi connectivity index (χ1n) is 6.70. The molecule has 1 aliphatic heterocycles. The number of amides is 1. The second-order valence-electron chi connectivity index (χ2n) is 4.99. The summed E-state index contributed by atoms with van der Waals surface area (Å²) in [6.45, 7) is 2.65. The Kier molecular flexibility index (Phi) is 5.25. The van der Waals surface area contributed by atoms with Crippen LogP contribution in [0.4, 0.5) is 5.13 Å². The molecule has 2 N–H and O–H groups in total. The average Bonchev–Trinajstić information content (AvgIpc) is 2.88. The molecule has 0 radical (unpaired) electrons. The monoisotopic (exact) mass is 333 g/mol. The highest BCUT2D eigenvalue weighted by Gasteiger charge is 2.28. The highest BCUT2D eigenvalue weighted by molar-refractivity contribution is 7.91. The Morgan fingerprint density at radius 1 is 1.48 bits per heavy atom. The molecule has 1 unspecified atom stereocenters. The number of likely N-dealkylation sites (N-methyl/N-ethyl adjacent to an activating group) is 1. The first kappa shape index (κ1) is 16.3. The van der Waals surface area contributed by atoms with Crippen LogP contribution in [0.5, 0.6) is 0 Å². The van der Waals surface area contributed by atoms with Gasteiger partial charge in [-0.15, -0.1) is 10.2 Å². The summed E-state index contributed by atoms with van der Waals surface area (Å²) in [6, 6.07) is 0.168. The van der Waals surface area contributed by atoms with Crippen molar-refractivity contribution in [1.82, 2.24) is 19.8 Å². The third-order valence-corrected chi connectivity index (χ3v) is 6.22. The van der Waals surface area contributed by atoms with Gasteiger partial charge in [0.2, 0.25) is 15.4 Å². The van der Waals surface area contributed by atoms with E-state index < -0.39 is 10.0 Å². The topological polar surface area (TPSA) is 104 Å². The van der Waals surface area contributed by atoms with Crippen molar-refractivity contribution < 1.29 is 13.2 Å². The van der Waals surface area contributed by atoms with Crippen LogP contribution < -0.4 is 10.6 Å². The van der Waals surface area contributed by atoms with E-state index in [1.165, 1.54) is 18.3 Å². The minimum Gasteiger partial charge on any atom is -0.313 e. The molecule has 0 spiro atoms. The van der Waals surface area contributed by atoms with Gasteiger partial charge in [0.1, 0.15) is 0 Å². The van der Waals surface area contributed by atoms with Crippen molar-refractivity contribution in [1.29, 1.82) is 0 Å². The molecule has 1 fully saturated rings. The Morgan fingerprint density at radius 3 is 2.86 bits per heavy atom. The van der Waals surface area contributed by atoms with Crippen LogP contribution >= 0.6 is 11.3 Å². The number of nitrogens with one attached hydrogen (secondary N) is 2. The lowest BCUT2D eigenvalue weighted by Crippen LogP contribution is -2.44. The standard InChI is InChI=1S/C11H19N5O3S2/c1-8(17)13-10-14-15-11(20-10)21(18,19)16(2)7-9-5-3-4-6-12-9/h9,12H,3-7H2,1-2H3,(H,13,14,17). The van der Waals surface area contributed by atoms with E-state index in [-0.39, 0.29) is 21.4 Å². The molecular weight excluding hydrogens is 314 g/mol. The van der Waals surface area contributed by atoms with Gasteiger partial charge < -0.3 is 10.6 Å². The summed E-state index contributed by atoms with van der Waals surface area (Å²) in [5.74, 6) is -0.310. The predicted octanol–water partition coefficient (Wildman–Crippen LogP) is 0.259. The molecule has 0 bridgehead atoms. The summed E-state index contributed by atoms with van der Waals surface area (Å²) >= 11 is 0.854. The van der Waals surface area contributed by atoms with E-state index >= 15 is 0 Å². The average molecular weight is 333 g/mol. The number of aromatic nitrogens is 2. The van der Waals surface area contributed by atoms with Crippen molar-refractivity contribution in [3.8, 4) is 0 Å². The number of carbonyl (C=O) groups excluding carboxylic acids is 1. The van der Waals surface area contributed by atoms with Gasteiger partial charge in [0.25, 0.3) is 10.0 Å². The van der Waals surface area contributed by atoms with Gasteiger partial charge in [-0.2, -0.15) is 4.31 Å². The third-order valence-electron chi connectivity index (χ3n) is 3.21. The number of piperidine rings is 1. The van der Waals surface area contributed by atoms with Gasteiger partial charge in [0.15, 0.2) is 0 Å². The molecule has 1 amide bonds. The zero-order valence-corrected chi connectivity index (χ0v) is 13.6. The fourth-order valence-electron chi connectivity index (χ4n) is 2.14. The largest absolute Gasteiger partial charge is 0.313 e. The second kappa shape index (κ2) is 6.77. The lowest BCUT2D eigenvalue weighted by atomic mass is 10.1. The van der Waals surface area contributed by atoms with Gasteiger partial charge in [-0.1, -0.05) is 17.8 Å². The number of hydrogen-bond donors (Lipinski definition) is 2. The molecule has 1 aromatic rings. The maximum absolute atomic E-state index is 12.4. The Morgan fingerprint density at radius 2 is 2.24 bits per heavy atom. The quantitative estimate of drug-likeness (QED) is 0.749. The van der Waals surface area contributed by atoms with Crippen LogP contribution in [0.1, 0.15) is 26.2 Å². The van der Waals surface area contributed by atoms with Crippen LogP contribution in [-0.2, 0) is 14.8 Å². The Balaban J connectivity index is 2.05. The van der Waals surface area contributed by atoms with Crippen LogP contribution in [0.25, 0.3) is 0 Å². The van der Waals surface area contributed by atoms with Crippen LogP contribution in [0.15, 0.2) is 4.34 Å². The summed E-state index contributed by atoms with van der Waals surface area (Å²) < 4.78 is 26.0. The van der Waals surface area contributed by atoms with E-state index in [1.54, 1.807) is 0 Å². The van der Waals surface area contributed by atoms with Crippen LogP contribution in [0.3, 0.4) is 0 Å². The highest BCUT2D eigenvalue weighted by Crippen LogP contribution is 2.23. The number of carbonyl (C=O) groups is 1. The maximum atomic E-state index is 12.4. The van der Waals surface area contributed by atoms with Gasteiger partial charge >= 0.3 is 0 Å². The van der Waals surface area contributed by atoms with Crippen molar-refractivity contribution in [2.75, 3.05) is 25.5 Å². The summed E-state index contributed by atoms with van der Waals surface area (Å²) in [4.78, 5) is 10.9. The Labute approximate surface area is 128 Å². The minimum atomic E-state index is -3.67. The molecule has 118 valence electrons. The van der Waals surface area contributed by atoms with Crippen LogP contribution in [0, 0.1) is 0 Å². The number of anilines is 1. The molecular formula is C11H19N5O3S2. The molecule has 1 atom stereocenters. The third kappa shape index (κ3) is 4.19. The summed E-state index contributed by atoms with van der Waals surface area (Å²) in [6.07, 6.45) is 3.20. The Hall–Kier alpha value is -1.10. The predicted molar refractivity (Wildman–Crippen MR) is 79.7 cm³/mol. The van der Waals surface area contributed by atoms with Gasteiger partial charge in [-0.25, -0.2) is 8.42 Å². The highest BCUT2D eigenvalue weighted by atomic mass is 32.2. The van der Waals surface area contributed by atoms with Gasteiger partial charge in [-0.05, 0) is 19.4 Å². The normalized spacial score (nSPS) is 19.7. The maximum Gasteiger partial charge on any atom is 0.272 e. The van der Waals surface area contributed by atoms with Crippen molar-refractivity contribution in [2.24, 2.45) is 0 Å². The number of nitrogens with zero attached hydrogens (tertiary/aromatic N) is 3. The summed E-state index contributed by atoms with van der Waals surface area (Å²) in [5.41, 5.74) is 0. The van der Waals surface area contributed by atoms with E-state index in [4.69, 9.17) is 0 Å². The molecule has 1 saturated heterocycles. The molecule has 21 heavy (non-hydrogen) atoms. The molecule has 2 rings (SSSR count).